The molecule has 0 atom stereocenters. The first-order chi connectivity index (χ1) is 20.4. The van der Waals surface area contributed by atoms with Crippen LogP contribution >= 0.6 is 23.2 Å². The third-order valence-corrected chi connectivity index (χ3v) is 9.31. The fourth-order valence-corrected chi connectivity index (χ4v) is 7.40. The normalized spacial score (nSPS) is 19.8. The molecule has 0 bridgehead atoms. The monoisotopic (exact) mass is 613 g/mol. The van der Waals surface area contributed by atoms with Crippen LogP contribution in [0.15, 0.2) is 95.3 Å². The van der Waals surface area contributed by atoms with Crippen molar-refractivity contribution >= 4 is 34.8 Å². The lowest BCUT2D eigenvalue weighted by atomic mass is 9.63. The summed E-state index contributed by atoms with van der Waals surface area (Å²) in [6.45, 7) is 9.58. The highest BCUT2D eigenvalue weighted by atomic mass is 35.5. The third kappa shape index (κ3) is 6.05. The number of ether oxygens (including phenoxy) is 1. The van der Waals surface area contributed by atoms with Gasteiger partial charge in [-0.3, -0.25) is 9.59 Å². The lowest BCUT2D eigenvalue weighted by Crippen LogP contribution is -2.44. The van der Waals surface area contributed by atoms with Crippen molar-refractivity contribution in [1.29, 1.82) is 0 Å². The van der Waals surface area contributed by atoms with Gasteiger partial charge in [0, 0.05) is 52.9 Å². The zero-order valence-electron chi connectivity index (χ0n) is 25.2. The molecule has 0 N–H and O–H groups in total. The number of hydrogen-bond acceptors (Lipinski definition) is 4. The van der Waals surface area contributed by atoms with Gasteiger partial charge in [-0.1, -0.05) is 99.4 Å². The first-order valence-corrected chi connectivity index (χ1v) is 15.7. The molecule has 0 aromatic heterocycles. The van der Waals surface area contributed by atoms with Crippen LogP contribution in [0.3, 0.4) is 0 Å². The number of benzene rings is 3. The van der Waals surface area contributed by atoms with Crippen LogP contribution in [0, 0.1) is 10.8 Å². The van der Waals surface area contributed by atoms with Crippen LogP contribution < -0.4 is 4.74 Å². The highest BCUT2D eigenvalue weighted by molar-refractivity contribution is 6.32. The molecule has 1 aliphatic heterocycles. The van der Waals surface area contributed by atoms with Gasteiger partial charge in [0.2, 0.25) is 0 Å². The summed E-state index contributed by atoms with van der Waals surface area (Å²) in [4.78, 5) is 30.5. The van der Waals surface area contributed by atoms with Gasteiger partial charge in [0.05, 0.1) is 5.02 Å². The molecule has 3 aromatic rings. The molecular formula is C37H37Cl2NO3. The van der Waals surface area contributed by atoms with Gasteiger partial charge < -0.3 is 9.64 Å². The van der Waals surface area contributed by atoms with E-state index in [0.29, 0.717) is 41.8 Å². The second-order valence-electron chi connectivity index (χ2n) is 13.7. The molecule has 0 spiro atoms. The van der Waals surface area contributed by atoms with Crippen LogP contribution in [0.1, 0.15) is 76.0 Å². The Hall–Kier alpha value is -3.34. The molecule has 0 fully saturated rings. The maximum absolute atomic E-state index is 14.1. The van der Waals surface area contributed by atoms with Crippen LogP contribution in [0.4, 0.5) is 0 Å². The van der Waals surface area contributed by atoms with E-state index >= 15 is 0 Å². The van der Waals surface area contributed by atoms with Crippen LogP contribution in [0.2, 0.25) is 10.0 Å². The predicted octanol–water partition coefficient (Wildman–Crippen LogP) is 9.46. The Morgan fingerprint density at radius 1 is 0.744 bits per heavy atom. The van der Waals surface area contributed by atoms with Gasteiger partial charge in [-0.15, -0.1) is 0 Å². The average Bonchev–Trinajstić information content (AvgIpc) is 2.92. The van der Waals surface area contributed by atoms with Crippen LogP contribution in [0.5, 0.6) is 5.75 Å². The second-order valence-corrected chi connectivity index (χ2v) is 14.6. The highest BCUT2D eigenvalue weighted by Gasteiger charge is 2.49. The van der Waals surface area contributed by atoms with Crippen molar-refractivity contribution in [2.45, 2.75) is 72.4 Å². The lowest BCUT2D eigenvalue weighted by Gasteiger charge is -2.49. The molecule has 0 saturated carbocycles. The summed E-state index contributed by atoms with van der Waals surface area (Å²) in [6.07, 6.45) is 2.41. The molecule has 222 valence electrons. The molecule has 0 saturated heterocycles. The molecule has 1 heterocycles. The topological polar surface area (TPSA) is 46.6 Å². The van der Waals surface area contributed by atoms with Crippen molar-refractivity contribution in [2.24, 2.45) is 10.8 Å². The molecule has 6 heteroatoms. The number of allylic oxidation sites excluding steroid dienone is 4. The number of rotatable bonds is 6. The molecule has 0 radical (unpaired) electrons. The van der Waals surface area contributed by atoms with E-state index in [1.54, 1.807) is 0 Å². The Morgan fingerprint density at radius 2 is 1.35 bits per heavy atom. The SMILES string of the molecule is CC1(C)CC(=O)C2=C(C1)N(Cc1ccccc1)C1=C(C(=O)CC(C)(C)C1)C2c1ccc(OCc2cccc(Cl)c2)c(Cl)c1. The lowest BCUT2D eigenvalue weighted by molar-refractivity contribution is -0.119. The first kappa shape index (κ1) is 29.7. The number of halogens is 2. The summed E-state index contributed by atoms with van der Waals surface area (Å²) in [7, 11) is 0. The fraction of sp³-hybridized carbons (Fsp3) is 0.351. The van der Waals surface area contributed by atoms with E-state index in [-0.39, 0.29) is 22.4 Å². The van der Waals surface area contributed by atoms with Gasteiger partial charge in [0.1, 0.15) is 12.4 Å². The van der Waals surface area contributed by atoms with Gasteiger partial charge in [0.25, 0.3) is 0 Å². The summed E-state index contributed by atoms with van der Waals surface area (Å²) in [6, 6.07) is 23.5. The second kappa shape index (κ2) is 11.3. The van der Waals surface area contributed by atoms with Crippen LogP contribution in [-0.4, -0.2) is 16.5 Å². The molecule has 3 aromatic carbocycles. The smallest absolute Gasteiger partial charge is 0.162 e. The minimum atomic E-state index is -0.455. The quantitative estimate of drug-likeness (QED) is 0.278. The molecule has 0 amide bonds. The number of carbonyl (C=O) groups excluding carboxylic acids is 2. The summed E-state index contributed by atoms with van der Waals surface area (Å²) in [5.41, 5.74) is 6.13. The molecule has 2 aliphatic carbocycles. The zero-order valence-corrected chi connectivity index (χ0v) is 26.7. The number of Topliss-reactive ketones (excluding diaryl/α,β-unsaturated/α-hetero) is 2. The minimum absolute atomic E-state index is 0.107. The van der Waals surface area contributed by atoms with Gasteiger partial charge in [0.15, 0.2) is 11.6 Å². The third-order valence-electron chi connectivity index (χ3n) is 8.78. The number of nitrogens with zero attached hydrogens (tertiary/aromatic N) is 1. The molecule has 3 aliphatic rings. The molecule has 4 nitrogen and oxygen atoms in total. The Bertz CT molecular complexity index is 1610. The van der Waals surface area contributed by atoms with Crippen molar-refractivity contribution < 1.29 is 14.3 Å². The molecule has 43 heavy (non-hydrogen) atoms. The molecule has 6 rings (SSSR count). The van der Waals surface area contributed by atoms with E-state index in [0.717, 1.165) is 52.1 Å². The van der Waals surface area contributed by atoms with Gasteiger partial charge in [-0.25, -0.2) is 0 Å². The van der Waals surface area contributed by atoms with E-state index < -0.39 is 5.92 Å². The van der Waals surface area contributed by atoms with Crippen molar-refractivity contribution in [2.75, 3.05) is 0 Å². The number of hydrogen-bond donors (Lipinski definition) is 0. The van der Waals surface area contributed by atoms with E-state index in [9.17, 15) is 9.59 Å². The molecular weight excluding hydrogens is 577 g/mol. The van der Waals surface area contributed by atoms with Crippen molar-refractivity contribution in [3.63, 3.8) is 0 Å². The Labute approximate surface area is 264 Å². The highest BCUT2D eigenvalue weighted by Crippen LogP contribution is 2.55. The van der Waals surface area contributed by atoms with Crippen LogP contribution in [-0.2, 0) is 22.7 Å². The maximum atomic E-state index is 14.1. The van der Waals surface area contributed by atoms with E-state index in [1.165, 1.54) is 0 Å². The Balaban J connectivity index is 1.46. The maximum Gasteiger partial charge on any atom is 0.162 e. The van der Waals surface area contributed by atoms with Gasteiger partial charge >= 0.3 is 0 Å². The minimum Gasteiger partial charge on any atom is -0.487 e. The number of carbonyl (C=O) groups is 2. The Kier molecular flexibility index (Phi) is 7.81. The summed E-state index contributed by atoms with van der Waals surface area (Å²) >= 11 is 13.0. The Morgan fingerprint density at radius 3 is 1.93 bits per heavy atom. The fourth-order valence-electron chi connectivity index (χ4n) is 6.94. The van der Waals surface area contributed by atoms with Crippen LogP contribution in [0.25, 0.3) is 0 Å². The first-order valence-electron chi connectivity index (χ1n) is 14.9. The van der Waals surface area contributed by atoms with Crippen molar-refractivity contribution in [1.82, 2.24) is 4.90 Å². The van der Waals surface area contributed by atoms with Crippen molar-refractivity contribution in [3.05, 3.63) is 122 Å². The van der Waals surface area contributed by atoms with Gasteiger partial charge in [-0.05, 0) is 64.6 Å². The van der Waals surface area contributed by atoms with E-state index in [1.807, 2.05) is 60.7 Å². The summed E-state index contributed by atoms with van der Waals surface area (Å²) in [5, 5.41) is 1.10. The number of ketones is 2. The largest absolute Gasteiger partial charge is 0.487 e. The molecule has 0 unspecified atom stereocenters. The van der Waals surface area contributed by atoms with Crippen molar-refractivity contribution in [3.8, 4) is 5.75 Å². The van der Waals surface area contributed by atoms with E-state index in [2.05, 4.69) is 44.7 Å². The summed E-state index contributed by atoms with van der Waals surface area (Å²) in [5.74, 6) is 0.304. The van der Waals surface area contributed by atoms with E-state index in [4.69, 9.17) is 27.9 Å². The zero-order chi connectivity index (χ0) is 30.5. The summed E-state index contributed by atoms with van der Waals surface area (Å²) < 4.78 is 6.06. The average molecular weight is 615 g/mol. The predicted molar refractivity (Wildman–Crippen MR) is 172 cm³/mol. The standard InChI is InChI=1S/C37H37Cl2NO3/c1-36(2)17-28-34(30(41)19-36)33(25-13-14-32(27(39)16-25)43-22-24-11-8-12-26(38)15-24)35-29(18-37(3,4)20-31(35)42)40(28)21-23-9-6-5-7-10-23/h5-16,33H,17-22H2,1-4H3. The van der Waals surface area contributed by atoms with Gasteiger partial charge in [-0.2, -0.15) is 0 Å².